The third kappa shape index (κ3) is 3.04. The SMILES string of the molecule is Cc1nc(C(=O)Nc2ccccc2)c(-c2ccc(F)cc2)s1. The molecule has 0 fully saturated rings. The number of aryl methyl sites for hydroxylation is 1. The average Bonchev–Trinajstić information content (AvgIpc) is 2.91. The number of amides is 1. The van der Waals surface area contributed by atoms with Crippen molar-refractivity contribution in [3.8, 4) is 10.4 Å². The molecule has 3 aromatic rings. The summed E-state index contributed by atoms with van der Waals surface area (Å²) < 4.78 is 13.1. The molecule has 5 heteroatoms. The summed E-state index contributed by atoms with van der Waals surface area (Å²) in [6, 6.07) is 15.3. The summed E-state index contributed by atoms with van der Waals surface area (Å²) in [5.74, 6) is -0.574. The van der Waals surface area contributed by atoms with E-state index in [-0.39, 0.29) is 11.7 Å². The van der Waals surface area contributed by atoms with E-state index in [0.717, 1.165) is 15.4 Å². The lowest BCUT2D eigenvalue weighted by Crippen LogP contribution is -2.13. The highest BCUT2D eigenvalue weighted by atomic mass is 32.1. The number of halogens is 1. The Bertz CT molecular complexity index is 797. The Morgan fingerprint density at radius 3 is 2.45 bits per heavy atom. The number of carbonyl (C=O) groups excluding carboxylic acids is 1. The van der Waals surface area contributed by atoms with E-state index in [1.165, 1.54) is 23.5 Å². The van der Waals surface area contributed by atoms with Crippen LogP contribution in [0, 0.1) is 12.7 Å². The smallest absolute Gasteiger partial charge is 0.275 e. The van der Waals surface area contributed by atoms with Gasteiger partial charge in [-0.2, -0.15) is 0 Å². The molecule has 0 radical (unpaired) electrons. The Balaban J connectivity index is 1.94. The van der Waals surface area contributed by atoms with E-state index in [1.54, 1.807) is 12.1 Å². The van der Waals surface area contributed by atoms with Crippen LogP contribution in [0.15, 0.2) is 54.6 Å². The van der Waals surface area contributed by atoms with Crippen molar-refractivity contribution in [1.29, 1.82) is 0 Å². The zero-order valence-corrected chi connectivity index (χ0v) is 12.7. The fraction of sp³-hybridized carbons (Fsp3) is 0.0588. The van der Waals surface area contributed by atoms with E-state index in [4.69, 9.17) is 0 Å². The number of hydrogen-bond acceptors (Lipinski definition) is 3. The summed E-state index contributed by atoms with van der Waals surface area (Å²) in [7, 11) is 0. The largest absolute Gasteiger partial charge is 0.321 e. The summed E-state index contributed by atoms with van der Waals surface area (Å²) in [6.07, 6.45) is 0. The van der Waals surface area contributed by atoms with Gasteiger partial charge < -0.3 is 5.32 Å². The minimum absolute atomic E-state index is 0.269. The van der Waals surface area contributed by atoms with Crippen LogP contribution in [0.3, 0.4) is 0 Å². The predicted molar refractivity (Wildman–Crippen MR) is 86.6 cm³/mol. The van der Waals surface area contributed by atoms with Gasteiger partial charge >= 0.3 is 0 Å². The topological polar surface area (TPSA) is 42.0 Å². The first-order chi connectivity index (χ1) is 10.6. The molecule has 0 aliphatic rings. The Morgan fingerprint density at radius 1 is 1.09 bits per heavy atom. The van der Waals surface area contributed by atoms with Crippen LogP contribution >= 0.6 is 11.3 Å². The number of rotatable bonds is 3. The quantitative estimate of drug-likeness (QED) is 0.773. The maximum atomic E-state index is 13.1. The van der Waals surface area contributed by atoms with Gasteiger partial charge in [-0.1, -0.05) is 30.3 Å². The molecule has 0 spiro atoms. The summed E-state index contributed by atoms with van der Waals surface area (Å²) in [4.78, 5) is 17.5. The molecule has 0 atom stereocenters. The molecular weight excluding hydrogens is 299 g/mol. The van der Waals surface area contributed by atoms with Gasteiger partial charge in [-0.05, 0) is 36.8 Å². The zero-order chi connectivity index (χ0) is 15.5. The van der Waals surface area contributed by atoms with Crippen molar-refractivity contribution in [1.82, 2.24) is 4.98 Å². The molecule has 110 valence electrons. The molecule has 1 N–H and O–H groups in total. The van der Waals surface area contributed by atoms with Crippen LogP contribution < -0.4 is 5.32 Å². The van der Waals surface area contributed by atoms with E-state index >= 15 is 0 Å². The van der Waals surface area contributed by atoms with Crippen molar-refractivity contribution in [2.75, 3.05) is 5.32 Å². The number of para-hydroxylation sites is 1. The van der Waals surface area contributed by atoms with E-state index in [2.05, 4.69) is 10.3 Å². The van der Waals surface area contributed by atoms with Gasteiger partial charge in [-0.25, -0.2) is 9.37 Å². The molecule has 1 heterocycles. The van der Waals surface area contributed by atoms with Crippen molar-refractivity contribution < 1.29 is 9.18 Å². The zero-order valence-electron chi connectivity index (χ0n) is 11.8. The molecular formula is C17H13FN2OS. The van der Waals surface area contributed by atoms with Crippen molar-refractivity contribution in [3.63, 3.8) is 0 Å². The van der Waals surface area contributed by atoms with Gasteiger partial charge in [0.15, 0.2) is 0 Å². The molecule has 0 aliphatic carbocycles. The minimum atomic E-state index is -0.305. The van der Waals surface area contributed by atoms with Crippen LogP contribution in [0.2, 0.25) is 0 Å². The van der Waals surface area contributed by atoms with Gasteiger partial charge in [0.2, 0.25) is 0 Å². The summed E-state index contributed by atoms with van der Waals surface area (Å²) in [6.45, 7) is 1.84. The first kappa shape index (κ1) is 14.4. The van der Waals surface area contributed by atoms with Crippen molar-refractivity contribution in [3.05, 3.63) is 71.1 Å². The molecule has 1 aromatic heterocycles. The fourth-order valence-corrected chi connectivity index (χ4v) is 3.01. The van der Waals surface area contributed by atoms with E-state index < -0.39 is 0 Å². The number of anilines is 1. The van der Waals surface area contributed by atoms with Crippen LogP contribution in [0.5, 0.6) is 0 Å². The first-order valence-corrected chi connectivity index (χ1v) is 7.55. The van der Waals surface area contributed by atoms with Crippen molar-refractivity contribution in [2.45, 2.75) is 6.92 Å². The lowest BCUT2D eigenvalue weighted by atomic mass is 10.1. The molecule has 3 nitrogen and oxygen atoms in total. The highest BCUT2D eigenvalue weighted by molar-refractivity contribution is 7.15. The highest BCUT2D eigenvalue weighted by Gasteiger charge is 2.18. The molecule has 1 amide bonds. The normalized spacial score (nSPS) is 10.5. The van der Waals surface area contributed by atoms with Gasteiger partial charge in [0.25, 0.3) is 5.91 Å². The molecule has 0 unspecified atom stereocenters. The number of benzene rings is 2. The molecule has 22 heavy (non-hydrogen) atoms. The number of carbonyl (C=O) groups is 1. The second-order valence-electron chi connectivity index (χ2n) is 4.74. The molecule has 2 aromatic carbocycles. The number of nitrogens with one attached hydrogen (secondary N) is 1. The molecule has 0 saturated carbocycles. The number of nitrogens with zero attached hydrogens (tertiary/aromatic N) is 1. The van der Waals surface area contributed by atoms with Gasteiger partial charge in [0.1, 0.15) is 11.5 Å². The Morgan fingerprint density at radius 2 is 1.77 bits per heavy atom. The average molecular weight is 312 g/mol. The van der Waals surface area contributed by atoms with Gasteiger partial charge in [0, 0.05) is 5.69 Å². The van der Waals surface area contributed by atoms with E-state index in [1.807, 2.05) is 37.3 Å². The molecule has 0 saturated heterocycles. The molecule has 0 aliphatic heterocycles. The number of hydrogen-bond donors (Lipinski definition) is 1. The monoisotopic (exact) mass is 312 g/mol. The maximum Gasteiger partial charge on any atom is 0.275 e. The summed E-state index contributed by atoms with van der Waals surface area (Å²) >= 11 is 1.42. The Labute approximate surface area is 131 Å². The number of aromatic nitrogens is 1. The Hall–Kier alpha value is -2.53. The summed E-state index contributed by atoms with van der Waals surface area (Å²) in [5, 5.41) is 3.61. The van der Waals surface area contributed by atoms with Crippen LogP contribution in [0.25, 0.3) is 10.4 Å². The lowest BCUT2D eigenvalue weighted by Gasteiger charge is -2.05. The van der Waals surface area contributed by atoms with Crippen molar-refractivity contribution in [2.24, 2.45) is 0 Å². The third-order valence-electron chi connectivity index (χ3n) is 3.09. The fourth-order valence-electron chi connectivity index (χ4n) is 2.09. The van der Waals surface area contributed by atoms with Crippen LogP contribution in [0.4, 0.5) is 10.1 Å². The third-order valence-corrected chi connectivity index (χ3v) is 4.11. The van der Waals surface area contributed by atoms with Crippen LogP contribution in [-0.2, 0) is 0 Å². The minimum Gasteiger partial charge on any atom is -0.321 e. The predicted octanol–water partition coefficient (Wildman–Crippen LogP) is 4.51. The number of thiazole rings is 1. The molecule has 3 rings (SSSR count). The first-order valence-electron chi connectivity index (χ1n) is 6.73. The second-order valence-corrected chi connectivity index (χ2v) is 5.94. The maximum absolute atomic E-state index is 13.1. The van der Waals surface area contributed by atoms with Crippen LogP contribution in [-0.4, -0.2) is 10.9 Å². The van der Waals surface area contributed by atoms with Crippen LogP contribution in [0.1, 0.15) is 15.5 Å². The Kier molecular flexibility index (Phi) is 3.98. The standard InChI is InChI=1S/C17H13FN2OS/c1-11-19-15(17(21)20-14-5-3-2-4-6-14)16(22-11)12-7-9-13(18)10-8-12/h2-10H,1H3,(H,20,21). The van der Waals surface area contributed by atoms with Gasteiger partial charge in [0.05, 0.1) is 9.88 Å². The van der Waals surface area contributed by atoms with E-state index in [0.29, 0.717) is 11.4 Å². The summed E-state index contributed by atoms with van der Waals surface area (Å²) in [5.41, 5.74) is 1.85. The second kappa shape index (κ2) is 6.07. The highest BCUT2D eigenvalue weighted by Crippen LogP contribution is 2.30. The van der Waals surface area contributed by atoms with Gasteiger partial charge in [-0.3, -0.25) is 4.79 Å². The lowest BCUT2D eigenvalue weighted by molar-refractivity contribution is 0.102. The van der Waals surface area contributed by atoms with Crippen molar-refractivity contribution >= 4 is 22.9 Å². The van der Waals surface area contributed by atoms with E-state index in [9.17, 15) is 9.18 Å². The van der Waals surface area contributed by atoms with Gasteiger partial charge in [-0.15, -0.1) is 11.3 Å². The molecule has 0 bridgehead atoms.